The predicted octanol–water partition coefficient (Wildman–Crippen LogP) is 4.13. The van der Waals surface area contributed by atoms with Crippen LogP contribution < -0.4 is 0 Å². The summed E-state index contributed by atoms with van der Waals surface area (Å²) in [5.74, 6) is 0.213. The van der Waals surface area contributed by atoms with Crippen molar-refractivity contribution in [2.24, 2.45) is 0 Å². The number of hydrogen-bond acceptors (Lipinski definition) is 3. The van der Waals surface area contributed by atoms with Gasteiger partial charge in [-0.1, -0.05) is 36.8 Å². The topological polar surface area (TPSA) is 35.5 Å². The second kappa shape index (κ2) is 6.33. The van der Waals surface area contributed by atoms with E-state index in [9.17, 15) is 4.79 Å². The van der Waals surface area contributed by atoms with Crippen molar-refractivity contribution >= 4 is 12.9 Å². The Morgan fingerprint density at radius 3 is 2.14 bits per heavy atom. The lowest BCUT2D eigenvalue weighted by Crippen LogP contribution is -2.41. The van der Waals surface area contributed by atoms with Crippen molar-refractivity contribution in [2.75, 3.05) is 0 Å². The second-order valence-electron chi connectivity index (χ2n) is 6.72. The van der Waals surface area contributed by atoms with Crippen LogP contribution in [0.15, 0.2) is 30.3 Å². The normalized spacial score (nSPS) is 19.7. The van der Waals surface area contributed by atoms with Gasteiger partial charge < -0.3 is 9.31 Å². The van der Waals surface area contributed by atoms with Crippen molar-refractivity contribution < 1.29 is 14.1 Å². The molecule has 1 heterocycles. The molecule has 4 heteroatoms. The lowest BCUT2D eigenvalue weighted by atomic mass is 9.82. The molecule has 21 heavy (non-hydrogen) atoms. The minimum Gasteiger partial charge on any atom is -0.403 e. The molecule has 0 bridgehead atoms. The first-order valence-corrected chi connectivity index (χ1v) is 7.76. The average molecular weight is 288 g/mol. The lowest BCUT2D eigenvalue weighted by Gasteiger charge is -2.32. The summed E-state index contributed by atoms with van der Waals surface area (Å²) in [7, 11) is -0.151. The van der Waals surface area contributed by atoms with Crippen molar-refractivity contribution in [2.45, 2.75) is 64.5 Å². The summed E-state index contributed by atoms with van der Waals surface area (Å²) < 4.78 is 11.9. The molecule has 0 saturated carbocycles. The molecule has 1 saturated heterocycles. The van der Waals surface area contributed by atoms with E-state index in [2.05, 4.69) is 27.7 Å². The molecule has 0 spiro atoms. The van der Waals surface area contributed by atoms with Gasteiger partial charge in [-0.15, -0.1) is 0 Å². The summed E-state index contributed by atoms with van der Waals surface area (Å²) in [4.78, 5) is 12.0. The number of ketones is 1. The van der Waals surface area contributed by atoms with Gasteiger partial charge in [0.05, 0.1) is 11.2 Å². The molecule has 1 aromatic carbocycles. The molecule has 0 aromatic heterocycles. The highest BCUT2D eigenvalue weighted by Gasteiger charge is 2.50. The molecule has 0 atom stereocenters. The number of unbranched alkanes of at least 4 members (excludes halogenated alkanes) is 1. The van der Waals surface area contributed by atoms with Gasteiger partial charge in [-0.2, -0.15) is 0 Å². The molecule has 114 valence electrons. The third kappa shape index (κ3) is 3.95. The largest absolute Gasteiger partial charge is 0.457 e. The van der Waals surface area contributed by atoms with Crippen molar-refractivity contribution in [3.63, 3.8) is 0 Å². The van der Waals surface area contributed by atoms with E-state index in [1.807, 2.05) is 30.3 Å². The molecular formula is C17H25BO3. The molecule has 0 unspecified atom stereocenters. The molecule has 1 aromatic rings. The Hall–Kier alpha value is -1.13. The van der Waals surface area contributed by atoms with Crippen molar-refractivity contribution in [1.82, 2.24) is 0 Å². The summed E-state index contributed by atoms with van der Waals surface area (Å²) in [5, 5.41) is 0. The van der Waals surface area contributed by atoms with Crippen LogP contribution in [-0.4, -0.2) is 24.1 Å². The highest BCUT2D eigenvalue weighted by Crippen LogP contribution is 2.38. The maximum atomic E-state index is 12.0. The van der Waals surface area contributed by atoms with E-state index in [-0.39, 0.29) is 24.1 Å². The molecule has 0 aliphatic carbocycles. The lowest BCUT2D eigenvalue weighted by molar-refractivity contribution is 0.00578. The number of Topliss-reactive ketones (excluding diaryl/α,β-unsaturated/α-hetero) is 1. The van der Waals surface area contributed by atoms with Crippen LogP contribution in [0.5, 0.6) is 0 Å². The van der Waals surface area contributed by atoms with Crippen LogP contribution >= 0.6 is 0 Å². The fourth-order valence-electron chi connectivity index (χ4n) is 2.45. The third-order valence-electron chi connectivity index (χ3n) is 4.49. The number of hydrogen-bond donors (Lipinski definition) is 0. The monoisotopic (exact) mass is 288 g/mol. The van der Waals surface area contributed by atoms with Gasteiger partial charge in [-0.3, -0.25) is 4.79 Å². The van der Waals surface area contributed by atoms with E-state index in [1.165, 1.54) is 0 Å². The zero-order valence-electron chi connectivity index (χ0n) is 13.5. The Morgan fingerprint density at radius 1 is 1.00 bits per heavy atom. The third-order valence-corrected chi connectivity index (χ3v) is 4.49. The number of benzene rings is 1. The van der Waals surface area contributed by atoms with E-state index in [1.54, 1.807) is 0 Å². The zero-order valence-corrected chi connectivity index (χ0v) is 13.5. The second-order valence-corrected chi connectivity index (χ2v) is 6.72. The van der Waals surface area contributed by atoms with Gasteiger partial charge in [0.2, 0.25) is 0 Å². The van der Waals surface area contributed by atoms with E-state index in [0.29, 0.717) is 6.42 Å². The van der Waals surface area contributed by atoms with Gasteiger partial charge in [0.1, 0.15) is 0 Å². The first-order chi connectivity index (χ1) is 9.82. The highest BCUT2D eigenvalue weighted by molar-refractivity contribution is 6.45. The molecule has 1 fully saturated rings. The molecule has 0 radical (unpaired) electrons. The fourth-order valence-corrected chi connectivity index (χ4v) is 2.45. The van der Waals surface area contributed by atoms with E-state index in [4.69, 9.17) is 9.31 Å². The number of carbonyl (C=O) groups excluding carboxylic acids is 1. The van der Waals surface area contributed by atoms with Gasteiger partial charge in [0.25, 0.3) is 0 Å². The molecular weight excluding hydrogens is 263 g/mol. The molecule has 3 nitrogen and oxygen atoms in total. The zero-order chi connectivity index (χ0) is 15.5. The predicted molar refractivity (Wildman–Crippen MR) is 85.5 cm³/mol. The van der Waals surface area contributed by atoms with Gasteiger partial charge in [-0.05, 0) is 40.4 Å². The SMILES string of the molecule is CC1(C)OB(CCCCC(=O)c2ccccc2)OC1(C)C. The Balaban J connectivity index is 1.71. The minimum atomic E-state index is -0.266. The van der Waals surface area contributed by atoms with Crippen molar-refractivity contribution in [1.29, 1.82) is 0 Å². The summed E-state index contributed by atoms with van der Waals surface area (Å²) in [6, 6.07) is 9.47. The summed E-state index contributed by atoms with van der Waals surface area (Å²) >= 11 is 0. The van der Waals surface area contributed by atoms with Gasteiger partial charge in [-0.25, -0.2) is 0 Å². The highest BCUT2D eigenvalue weighted by atomic mass is 16.7. The summed E-state index contributed by atoms with van der Waals surface area (Å²) in [6.45, 7) is 8.25. The van der Waals surface area contributed by atoms with E-state index >= 15 is 0 Å². The molecule has 0 N–H and O–H groups in total. The van der Waals surface area contributed by atoms with Gasteiger partial charge in [0.15, 0.2) is 5.78 Å². The maximum absolute atomic E-state index is 12.0. The molecule has 0 amide bonds. The smallest absolute Gasteiger partial charge is 0.403 e. The van der Waals surface area contributed by atoms with Gasteiger partial charge in [0, 0.05) is 12.0 Å². The summed E-state index contributed by atoms with van der Waals surface area (Å²) in [5.41, 5.74) is 0.267. The number of rotatable bonds is 6. The minimum absolute atomic E-state index is 0.151. The average Bonchev–Trinajstić information content (AvgIpc) is 2.63. The Labute approximate surface area is 128 Å². The maximum Gasteiger partial charge on any atom is 0.457 e. The van der Waals surface area contributed by atoms with Crippen LogP contribution in [0, 0.1) is 0 Å². The number of carbonyl (C=O) groups is 1. The Kier molecular flexibility index (Phi) is 4.90. The Morgan fingerprint density at radius 2 is 1.57 bits per heavy atom. The standard InChI is InChI=1S/C17H25BO3/c1-16(2)17(3,4)21-18(20-16)13-9-8-12-15(19)14-10-6-5-7-11-14/h5-7,10-11H,8-9,12-13H2,1-4H3. The van der Waals surface area contributed by atoms with Crippen molar-refractivity contribution in [3.05, 3.63) is 35.9 Å². The fraction of sp³-hybridized carbons (Fsp3) is 0.588. The molecule has 1 aliphatic rings. The van der Waals surface area contributed by atoms with Crippen LogP contribution in [0.3, 0.4) is 0 Å². The van der Waals surface area contributed by atoms with Crippen molar-refractivity contribution in [3.8, 4) is 0 Å². The van der Waals surface area contributed by atoms with E-state index < -0.39 is 0 Å². The van der Waals surface area contributed by atoms with Crippen LogP contribution in [0.2, 0.25) is 6.32 Å². The van der Waals surface area contributed by atoms with E-state index in [0.717, 1.165) is 24.7 Å². The van der Waals surface area contributed by atoms with Crippen LogP contribution in [-0.2, 0) is 9.31 Å². The molecule has 1 aliphatic heterocycles. The van der Waals surface area contributed by atoms with Crippen LogP contribution in [0.4, 0.5) is 0 Å². The van der Waals surface area contributed by atoms with Crippen LogP contribution in [0.25, 0.3) is 0 Å². The first-order valence-electron chi connectivity index (χ1n) is 7.76. The Bertz CT molecular complexity index is 466. The first kappa shape index (κ1) is 16.2. The van der Waals surface area contributed by atoms with Gasteiger partial charge >= 0.3 is 7.12 Å². The van der Waals surface area contributed by atoms with Crippen LogP contribution in [0.1, 0.15) is 57.3 Å². The summed E-state index contributed by atoms with van der Waals surface area (Å²) in [6.07, 6.45) is 3.24. The molecule has 2 rings (SSSR count). The quantitative estimate of drug-likeness (QED) is 0.448.